The normalized spacial score (nSPS) is 16.1. The minimum atomic E-state index is -0.372. The first-order valence-corrected chi connectivity index (χ1v) is 8.64. The zero-order chi connectivity index (χ0) is 18.6. The molecule has 2 heterocycles. The van der Waals surface area contributed by atoms with Crippen LogP contribution >= 0.6 is 0 Å². The Hall–Kier alpha value is -3.67. The number of para-hydroxylation sites is 1. The highest BCUT2D eigenvalue weighted by molar-refractivity contribution is 6.43. The fraction of sp³-hybridized carbons (Fsp3) is 0.0952. The Morgan fingerprint density at radius 3 is 2.41 bits per heavy atom. The van der Waals surface area contributed by atoms with Crippen molar-refractivity contribution in [2.24, 2.45) is 5.10 Å². The van der Waals surface area contributed by atoms with Gasteiger partial charge in [-0.1, -0.05) is 48.5 Å². The number of benzene rings is 2. The van der Waals surface area contributed by atoms with Crippen LogP contribution in [0.5, 0.6) is 5.75 Å². The van der Waals surface area contributed by atoms with Crippen molar-refractivity contribution < 1.29 is 9.90 Å². The lowest BCUT2D eigenvalue weighted by Gasteiger charge is -2.23. The van der Waals surface area contributed by atoms with Gasteiger partial charge >= 0.3 is 0 Å². The number of hydrogen-bond donors (Lipinski definition) is 2. The first kappa shape index (κ1) is 16.8. The predicted octanol–water partition coefficient (Wildman–Crippen LogP) is 3.73. The second kappa shape index (κ2) is 7.29. The van der Waals surface area contributed by atoms with Crippen LogP contribution in [0.3, 0.4) is 0 Å². The zero-order valence-corrected chi connectivity index (χ0v) is 14.5. The van der Waals surface area contributed by atoms with Gasteiger partial charge in [-0.25, -0.2) is 4.98 Å². The third-order valence-corrected chi connectivity index (χ3v) is 4.40. The van der Waals surface area contributed by atoms with Gasteiger partial charge in [0, 0.05) is 12.6 Å². The number of pyridine rings is 1. The van der Waals surface area contributed by atoms with Gasteiger partial charge in [-0.05, 0) is 29.8 Å². The molecule has 1 aromatic heterocycles. The lowest BCUT2D eigenvalue weighted by atomic mass is 10.0. The standard InChI is InChI=1S/C21H18N4O2/c26-19-12-7-13-22-20(19)23-21(27)17-14-18(15-8-3-1-4-9-15)25(24-17)16-10-5-2-6-11-16/h1-13,18,26H,14H2,(H,22,23,27)/t18-/m1/s1. The molecule has 0 aliphatic carbocycles. The van der Waals surface area contributed by atoms with Gasteiger partial charge in [0.1, 0.15) is 5.71 Å². The van der Waals surface area contributed by atoms with Crippen molar-refractivity contribution in [1.29, 1.82) is 0 Å². The molecule has 1 aliphatic heterocycles. The summed E-state index contributed by atoms with van der Waals surface area (Å²) >= 11 is 0. The summed E-state index contributed by atoms with van der Waals surface area (Å²) < 4.78 is 0. The molecular weight excluding hydrogens is 340 g/mol. The molecule has 1 amide bonds. The van der Waals surface area contributed by atoms with Crippen LogP contribution in [0.15, 0.2) is 84.1 Å². The van der Waals surface area contributed by atoms with Gasteiger partial charge in [-0.3, -0.25) is 9.80 Å². The number of nitrogens with zero attached hydrogens (tertiary/aromatic N) is 3. The van der Waals surface area contributed by atoms with Crippen molar-refractivity contribution in [3.05, 3.63) is 84.6 Å². The van der Waals surface area contributed by atoms with Crippen molar-refractivity contribution in [3.8, 4) is 5.75 Å². The number of carbonyl (C=O) groups is 1. The van der Waals surface area contributed by atoms with Crippen LogP contribution in [-0.2, 0) is 4.79 Å². The van der Waals surface area contributed by atoms with Gasteiger partial charge in [0.15, 0.2) is 11.6 Å². The summed E-state index contributed by atoms with van der Waals surface area (Å²) in [5.74, 6) is -0.327. The maximum atomic E-state index is 12.7. The summed E-state index contributed by atoms with van der Waals surface area (Å²) in [6, 6.07) is 22.7. The highest BCUT2D eigenvalue weighted by atomic mass is 16.3. The second-order valence-corrected chi connectivity index (χ2v) is 6.18. The molecule has 4 rings (SSSR count). The molecule has 0 radical (unpaired) electrons. The van der Waals surface area contributed by atoms with E-state index in [2.05, 4.69) is 15.4 Å². The summed E-state index contributed by atoms with van der Waals surface area (Å²) in [5, 5.41) is 18.9. The van der Waals surface area contributed by atoms with E-state index in [4.69, 9.17) is 0 Å². The Kier molecular flexibility index (Phi) is 4.53. The van der Waals surface area contributed by atoms with Crippen LogP contribution < -0.4 is 10.3 Å². The Morgan fingerprint density at radius 1 is 1.00 bits per heavy atom. The summed E-state index contributed by atoms with van der Waals surface area (Å²) in [7, 11) is 0. The number of rotatable bonds is 4. The molecular formula is C21H18N4O2. The van der Waals surface area contributed by atoms with E-state index in [1.807, 2.05) is 65.7 Å². The molecule has 2 N–H and O–H groups in total. The Morgan fingerprint density at radius 2 is 1.70 bits per heavy atom. The highest BCUT2D eigenvalue weighted by Gasteiger charge is 2.32. The van der Waals surface area contributed by atoms with E-state index in [0.29, 0.717) is 12.1 Å². The average Bonchev–Trinajstić information content (AvgIpc) is 3.17. The Bertz CT molecular complexity index is 974. The molecule has 3 aromatic rings. The van der Waals surface area contributed by atoms with Gasteiger partial charge in [0.05, 0.1) is 11.7 Å². The molecule has 0 saturated carbocycles. The van der Waals surface area contributed by atoms with E-state index in [-0.39, 0.29) is 23.5 Å². The van der Waals surface area contributed by atoms with Crippen molar-refractivity contribution in [1.82, 2.24) is 4.98 Å². The summed E-state index contributed by atoms with van der Waals surface area (Å²) in [4.78, 5) is 16.7. The Labute approximate surface area is 156 Å². The van der Waals surface area contributed by atoms with E-state index >= 15 is 0 Å². The van der Waals surface area contributed by atoms with Crippen LogP contribution in [0, 0.1) is 0 Å². The second-order valence-electron chi connectivity index (χ2n) is 6.18. The molecule has 0 unspecified atom stereocenters. The highest BCUT2D eigenvalue weighted by Crippen LogP contribution is 2.35. The molecule has 6 nitrogen and oxygen atoms in total. The third kappa shape index (κ3) is 3.50. The van der Waals surface area contributed by atoms with Gasteiger partial charge in [-0.15, -0.1) is 0 Å². The number of aromatic hydroxyl groups is 1. The molecule has 1 atom stereocenters. The largest absolute Gasteiger partial charge is 0.504 e. The van der Waals surface area contributed by atoms with Crippen LogP contribution in [0.2, 0.25) is 0 Å². The lowest BCUT2D eigenvalue weighted by Crippen LogP contribution is -2.22. The molecule has 6 heteroatoms. The summed E-state index contributed by atoms with van der Waals surface area (Å²) in [6.45, 7) is 0. The SMILES string of the molecule is O=C(Nc1ncccc1O)C1=NN(c2ccccc2)[C@@H](c2ccccc2)C1. The fourth-order valence-corrected chi connectivity index (χ4v) is 3.07. The number of hydrazone groups is 1. The minimum absolute atomic E-state index is 0.0771. The smallest absolute Gasteiger partial charge is 0.273 e. The van der Waals surface area contributed by atoms with Crippen molar-refractivity contribution in [2.45, 2.75) is 12.5 Å². The fourth-order valence-electron chi connectivity index (χ4n) is 3.07. The molecule has 134 valence electrons. The first-order chi connectivity index (χ1) is 13.2. The van der Waals surface area contributed by atoms with Crippen molar-refractivity contribution in [2.75, 3.05) is 10.3 Å². The van der Waals surface area contributed by atoms with Gasteiger partial charge in [0.2, 0.25) is 0 Å². The first-order valence-electron chi connectivity index (χ1n) is 8.64. The number of carbonyl (C=O) groups excluding carboxylic acids is 1. The van der Waals surface area contributed by atoms with Gasteiger partial charge in [0.25, 0.3) is 5.91 Å². The average molecular weight is 358 g/mol. The van der Waals surface area contributed by atoms with E-state index in [1.54, 1.807) is 6.07 Å². The van der Waals surface area contributed by atoms with E-state index in [1.165, 1.54) is 12.3 Å². The lowest BCUT2D eigenvalue weighted by molar-refractivity contribution is -0.110. The number of hydrogen-bond acceptors (Lipinski definition) is 5. The molecule has 0 fully saturated rings. The van der Waals surface area contributed by atoms with E-state index < -0.39 is 0 Å². The molecule has 0 bridgehead atoms. The maximum absolute atomic E-state index is 12.7. The molecule has 1 aliphatic rings. The molecule has 0 saturated heterocycles. The van der Waals surface area contributed by atoms with Crippen LogP contribution in [-0.4, -0.2) is 21.7 Å². The summed E-state index contributed by atoms with van der Waals surface area (Å²) in [6.07, 6.45) is 1.97. The van der Waals surface area contributed by atoms with Crippen LogP contribution in [0.1, 0.15) is 18.0 Å². The number of amides is 1. The van der Waals surface area contributed by atoms with Gasteiger partial charge in [-0.2, -0.15) is 5.10 Å². The number of anilines is 2. The number of aromatic nitrogens is 1. The monoisotopic (exact) mass is 358 g/mol. The zero-order valence-electron chi connectivity index (χ0n) is 14.5. The van der Waals surface area contributed by atoms with Crippen molar-refractivity contribution in [3.63, 3.8) is 0 Å². The maximum Gasteiger partial charge on any atom is 0.273 e. The van der Waals surface area contributed by atoms with E-state index in [9.17, 15) is 9.90 Å². The third-order valence-electron chi connectivity index (χ3n) is 4.40. The topological polar surface area (TPSA) is 77.8 Å². The van der Waals surface area contributed by atoms with E-state index in [0.717, 1.165) is 11.3 Å². The molecule has 2 aromatic carbocycles. The quantitative estimate of drug-likeness (QED) is 0.745. The minimum Gasteiger partial charge on any atom is -0.504 e. The molecule has 27 heavy (non-hydrogen) atoms. The summed E-state index contributed by atoms with van der Waals surface area (Å²) in [5.41, 5.74) is 2.38. The number of nitrogens with one attached hydrogen (secondary N) is 1. The van der Waals surface area contributed by atoms with Crippen molar-refractivity contribution >= 4 is 23.1 Å². The predicted molar refractivity (Wildman–Crippen MR) is 105 cm³/mol. The van der Waals surface area contributed by atoms with Crippen LogP contribution in [0.25, 0.3) is 0 Å². The van der Waals surface area contributed by atoms with Gasteiger partial charge < -0.3 is 10.4 Å². The molecule has 0 spiro atoms. The van der Waals surface area contributed by atoms with Crippen LogP contribution in [0.4, 0.5) is 11.5 Å². The Balaban J connectivity index is 1.63.